The van der Waals surface area contributed by atoms with Crippen molar-refractivity contribution in [2.24, 2.45) is 0 Å². The Hall–Kier alpha value is -2.38. The first-order chi connectivity index (χ1) is 12.0. The van der Waals surface area contributed by atoms with Crippen molar-refractivity contribution in [2.45, 2.75) is 13.0 Å². The SMILES string of the molecule is CC1=C(C(=O)Nc2ccccc2)[C@@H](c2cc(Br)ccc2O)NC(=S)N1. The molecule has 1 aliphatic heterocycles. The number of hydrogen-bond donors (Lipinski definition) is 4. The molecule has 0 spiro atoms. The minimum absolute atomic E-state index is 0.0863. The van der Waals surface area contributed by atoms with Gasteiger partial charge in [-0.05, 0) is 49.5 Å². The number of allylic oxidation sites excluding steroid dienone is 1. The number of carbonyl (C=O) groups excluding carboxylic acids is 1. The number of aromatic hydroxyl groups is 1. The van der Waals surface area contributed by atoms with Crippen LogP contribution in [0.2, 0.25) is 0 Å². The van der Waals surface area contributed by atoms with Crippen LogP contribution >= 0.6 is 28.1 Å². The molecule has 0 saturated heterocycles. The van der Waals surface area contributed by atoms with Crippen molar-refractivity contribution in [2.75, 3.05) is 5.32 Å². The third-order valence-corrected chi connectivity index (χ3v) is 4.56. The monoisotopic (exact) mass is 417 g/mol. The van der Waals surface area contributed by atoms with Crippen LogP contribution in [0.5, 0.6) is 5.75 Å². The van der Waals surface area contributed by atoms with Gasteiger partial charge in [-0.15, -0.1) is 0 Å². The summed E-state index contributed by atoms with van der Waals surface area (Å²) in [6.45, 7) is 1.79. The molecule has 1 heterocycles. The summed E-state index contributed by atoms with van der Waals surface area (Å²) in [4.78, 5) is 12.9. The van der Waals surface area contributed by atoms with E-state index in [9.17, 15) is 9.90 Å². The van der Waals surface area contributed by atoms with Crippen molar-refractivity contribution >= 4 is 44.9 Å². The van der Waals surface area contributed by atoms with Gasteiger partial charge in [-0.25, -0.2) is 0 Å². The van der Waals surface area contributed by atoms with E-state index in [4.69, 9.17) is 12.2 Å². The maximum Gasteiger partial charge on any atom is 0.255 e. The first kappa shape index (κ1) is 17.4. The molecule has 1 atom stereocenters. The zero-order valence-corrected chi connectivity index (χ0v) is 15.7. The first-order valence-electron chi connectivity index (χ1n) is 7.59. The summed E-state index contributed by atoms with van der Waals surface area (Å²) < 4.78 is 0.798. The van der Waals surface area contributed by atoms with Gasteiger partial charge in [-0.2, -0.15) is 0 Å². The van der Waals surface area contributed by atoms with E-state index in [1.807, 2.05) is 30.3 Å². The van der Waals surface area contributed by atoms with E-state index in [1.54, 1.807) is 25.1 Å². The summed E-state index contributed by atoms with van der Waals surface area (Å²) in [5.41, 5.74) is 2.36. The Balaban J connectivity index is 2.00. The van der Waals surface area contributed by atoms with Gasteiger partial charge in [-0.1, -0.05) is 34.1 Å². The zero-order chi connectivity index (χ0) is 18.0. The van der Waals surface area contributed by atoms with Gasteiger partial charge in [-0.3, -0.25) is 4.79 Å². The Labute approximate surface area is 159 Å². The van der Waals surface area contributed by atoms with Gasteiger partial charge in [0.2, 0.25) is 0 Å². The van der Waals surface area contributed by atoms with E-state index >= 15 is 0 Å². The number of benzene rings is 2. The average molecular weight is 418 g/mol. The predicted octanol–water partition coefficient (Wildman–Crippen LogP) is 3.59. The largest absolute Gasteiger partial charge is 0.508 e. The van der Waals surface area contributed by atoms with Crippen LogP contribution in [0.25, 0.3) is 0 Å². The second-order valence-electron chi connectivity index (χ2n) is 5.59. The lowest BCUT2D eigenvalue weighted by Gasteiger charge is -2.30. The van der Waals surface area contributed by atoms with E-state index < -0.39 is 6.04 Å². The van der Waals surface area contributed by atoms with Gasteiger partial charge < -0.3 is 21.1 Å². The summed E-state index contributed by atoms with van der Waals surface area (Å²) in [5, 5.41) is 19.6. The van der Waals surface area contributed by atoms with Gasteiger partial charge in [0.05, 0.1) is 11.6 Å². The fraction of sp³-hybridized carbons (Fsp3) is 0.111. The van der Waals surface area contributed by atoms with Crippen molar-refractivity contribution in [1.82, 2.24) is 10.6 Å². The number of halogens is 1. The molecule has 0 bridgehead atoms. The number of nitrogens with one attached hydrogen (secondary N) is 3. The topological polar surface area (TPSA) is 73.4 Å². The van der Waals surface area contributed by atoms with Crippen molar-refractivity contribution < 1.29 is 9.90 Å². The average Bonchev–Trinajstić information content (AvgIpc) is 2.57. The van der Waals surface area contributed by atoms with Gasteiger partial charge in [0.1, 0.15) is 5.75 Å². The summed E-state index contributed by atoms with van der Waals surface area (Å²) >= 11 is 8.62. The number of amides is 1. The number of anilines is 1. The van der Waals surface area contributed by atoms with Crippen LogP contribution in [0.4, 0.5) is 5.69 Å². The molecule has 0 saturated carbocycles. The molecule has 2 aromatic carbocycles. The van der Waals surface area contributed by atoms with Crippen molar-refractivity contribution in [1.29, 1.82) is 0 Å². The third-order valence-electron chi connectivity index (χ3n) is 3.85. The zero-order valence-electron chi connectivity index (χ0n) is 13.3. The van der Waals surface area contributed by atoms with Gasteiger partial charge >= 0.3 is 0 Å². The highest BCUT2D eigenvalue weighted by atomic mass is 79.9. The van der Waals surface area contributed by atoms with Crippen LogP contribution in [0.3, 0.4) is 0 Å². The van der Waals surface area contributed by atoms with Crippen LogP contribution in [-0.2, 0) is 4.79 Å². The quantitative estimate of drug-likeness (QED) is 0.574. The molecule has 25 heavy (non-hydrogen) atoms. The van der Waals surface area contributed by atoms with E-state index in [0.717, 1.165) is 4.47 Å². The molecular formula is C18H16BrN3O2S. The van der Waals surface area contributed by atoms with Gasteiger partial charge in [0.15, 0.2) is 5.11 Å². The van der Waals surface area contributed by atoms with Crippen molar-refractivity contribution in [3.8, 4) is 5.75 Å². The van der Waals surface area contributed by atoms with Crippen LogP contribution in [0.1, 0.15) is 18.5 Å². The molecule has 128 valence electrons. The Bertz CT molecular complexity index is 868. The Morgan fingerprint density at radius 2 is 1.96 bits per heavy atom. The molecule has 2 aromatic rings. The Morgan fingerprint density at radius 1 is 1.24 bits per heavy atom. The van der Waals surface area contributed by atoms with Crippen LogP contribution in [0, 0.1) is 0 Å². The number of phenols is 1. The van der Waals surface area contributed by atoms with E-state index in [-0.39, 0.29) is 11.7 Å². The summed E-state index contributed by atoms with van der Waals surface area (Å²) in [7, 11) is 0. The van der Waals surface area contributed by atoms with E-state index in [2.05, 4.69) is 31.9 Å². The maximum absolute atomic E-state index is 12.9. The lowest BCUT2D eigenvalue weighted by molar-refractivity contribution is -0.113. The van der Waals surface area contributed by atoms with Gasteiger partial charge in [0.25, 0.3) is 5.91 Å². The highest BCUT2D eigenvalue weighted by Gasteiger charge is 2.31. The second kappa shape index (κ2) is 7.25. The number of thiocarbonyl (C=S) groups is 1. The van der Waals surface area contributed by atoms with Crippen LogP contribution in [0.15, 0.2) is 64.3 Å². The molecular weight excluding hydrogens is 402 g/mol. The minimum atomic E-state index is -0.560. The molecule has 0 unspecified atom stereocenters. The number of phenolic OH excluding ortho intramolecular Hbond substituents is 1. The number of carbonyl (C=O) groups is 1. The Morgan fingerprint density at radius 3 is 2.68 bits per heavy atom. The molecule has 4 N–H and O–H groups in total. The van der Waals surface area contributed by atoms with E-state index in [0.29, 0.717) is 27.6 Å². The number of rotatable bonds is 3. The minimum Gasteiger partial charge on any atom is -0.508 e. The first-order valence-corrected chi connectivity index (χ1v) is 8.79. The number of hydrogen-bond acceptors (Lipinski definition) is 3. The summed E-state index contributed by atoms with van der Waals surface area (Å²) in [6, 6.07) is 13.7. The lowest BCUT2D eigenvalue weighted by atomic mass is 9.94. The number of para-hydroxylation sites is 1. The predicted molar refractivity (Wildman–Crippen MR) is 105 cm³/mol. The lowest BCUT2D eigenvalue weighted by Crippen LogP contribution is -2.45. The molecule has 7 heteroatoms. The molecule has 1 aliphatic rings. The van der Waals surface area contributed by atoms with Crippen molar-refractivity contribution in [3.05, 3.63) is 69.8 Å². The molecule has 0 radical (unpaired) electrons. The molecule has 1 amide bonds. The summed E-state index contributed by atoms with van der Waals surface area (Å²) in [5.74, 6) is -0.182. The maximum atomic E-state index is 12.9. The second-order valence-corrected chi connectivity index (χ2v) is 6.92. The van der Waals surface area contributed by atoms with Gasteiger partial charge in [0, 0.05) is 21.4 Å². The molecule has 3 rings (SSSR count). The third kappa shape index (κ3) is 3.83. The van der Waals surface area contributed by atoms with Crippen LogP contribution in [-0.4, -0.2) is 16.1 Å². The molecule has 5 nitrogen and oxygen atoms in total. The fourth-order valence-electron chi connectivity index (χ4n) is 2.70. The summed E-state index contributed by atoms with van der Waals surface area (Å²) in [6.07, 6.45) is 0. The molecule has 0 aliphatic carbocycles. The van der Waals surface area contributed by atoms with E-state index in [1.165, 1.54) is 0 Å². The smallest absolute Gasteiger partial charge is 0.255 e. The van der Waals surface area contributed by atoms with Crippen LogP contribution < -0.4 is 16.0 Å². The highest BCUT2D eigenvalue weighted by molar-refractivity contribution is 9.10. The van der Waals surface area contributed by atoms with Crippen molar-refractivity contribution in [3.63, 3.8) is 0 Å². The highest BCUT2D eigenvalue weighted by Crippen LogP contribution is 2.34. The Kier molecular flexibility index (Phi) is 5.06. The normalized spacial score (nSPS) is 16.9. The molecule has 0 fully saturated rings. The molecule has 0 aromatic heterocycles. The fourth-order valence-corrected chi connectivity index (χ4v) is 3.35. The standard InChI is InChI=1S/C18H16BrN3O2S/c1-10-15(17(24)21-12-5-3-2-4-6-12)16(22-18(25)20-10)13-9-11(19)7-8-14(13)23/h2-9,16,23H,1H3,(H,21,24)(H2,20,22,25)/t16-/m1/s1.